The van der Waals surface area contributed by atoms with Crippen LogP contribution >= 0.6 is 0 Å². The molecule has 4 heteroatoms. The molecule has 0 radical (unpaired) electrons. The Labute approximate surface area is 172 Å². The summed E-state index contributed by atoms with van der Waals surface area (Å²) < 4.78 is 5.93. The molecule has 142 valence electrons. The van der Waals surface area contributed by atoms with E-state index >= 15 is 0 Å². The highest BCUT2D eigenvalue weighted by atomic mass is 16.4. The van der Waals surface area contributed by atoms with Gasteiger partial charge in [0.25, 0.3) is 0 Å². The fourth-order valence-corrected chi connectivity index (χ4v) is 3.90. The normalized spacial score (nSPS) is 11.3. The van der Waals surface area contributed by atoms with Gasteiger partial charge in [-0.25, -0.2) is 0 Å². The van der Waals surface area contributed by atoms with E-state index in [1.165, 1.54) is 10.8 Å². The summed E-state index contributed by atoms with van der Waals surface area (Å²) in [6.45, 7) is 0. The summed E-state index contributed by atoms with van der Waals surface area (Å²) in [5.41, 5.74) is 6.34. The number of nitrogens with one attached hydrogen (secondary N) is 1. The molecule has 0 saturated heterocycles. The molecule has 0 aliphatic heterocycles. The minimum absolute atomic E-state index is 0.516. The Bertz CT molecular complexity index is 1500. The molecule has 2 aromatic heterocycles. The standard InChI is InChI=1S/C26H17N3O/c1-2-7-17(8-3-1)25-28-29-26(30-25)20-10-6-9-18(15-20)19-13-14-22-21-11-4-5-12-23(21)27-24(22)16-19/h1-16,27H. The largest absolute Gasteiger partial charge is 0.416 e. The number of fused-ring (bicyclic) bond motifs is 3. The Morgan fingerprint density at radius 2 is 1.17 bits per heavy atom. The first kappa shape index (κ1) is 16.7. The number of hydrogen-bond acceptors (Lipinski definition) is 3. The second-order valence-corrected chi connectivity index (χ2v) is 7.29. The summed E-state index contributed by atoms with van der Waals surface area (Å²) in [6.07, 6.45) is 0. The zero-order chi connectivity index (χ0) is 19.9. The Morgan fingerprint density at radius 1 is 0.500 bits per heavy atom. The third-order valence-electron chi connectivity index (χ3n) is 5.39. The molecule has 30 heavy (non-hydrogen) atoms. The Morgan fingerprint density at radius 3 is 2.07 bits per heavy atom. The van der Waals surface area contributed by atoms with Crippen LogP contribution in [0.3, 0.4) is 0 Å². The molecule has 4 aromatic carbocycles. The highest BCUT2D eigenvalue weighted by Gasteiger charge is 2.12. The van der Waals surface area contributed by atoms with Gasteiger partial charge in [0.15, 0.2) is 0 Å². The van der Waals surface area contributed by atoms with Crippen LogP contribution in [0.1, 0.15) is 0 Å². The molecule has 0 saturated carbocycles. The van der Waals surface area contributed by atoms with Gasteiger partial charge in [-0.2, -0.15) is 0 Å². The van der Waals surface area contributed by atoms with Gasteiger partial charge in [-0.3, -0.25) is 0 Å². The molecular weight excluding hydrogens is 370 g/mol. The molecule has 0 fully saturated rings. The molecule has 0 aliphatic carbocycles. The molecule has 0 bridgehead atoms. The van der Waals surface area contributed by atoms with Crippen LogP contribution in [0.15, 0.2) is 101 Å². The minimum Gasteiger partial charge on any atom is -0.416 e. The number of benzene rings is 4. The van der Waals surface area contributed by atoms with Crippen LogP contribution in [0.25, 0.3) is 55.8 Å². The summed E-state index contributed by atoms with van der Waals surface area (Å²) in [7, 11) is 0. The quantitative estimate of drug-likeness (QED) is 0.367. The number of aromatic nitrogens is 3. The number of nitrogens with zero attached hydrogens (tertiary/aromatic N) is 2. The van der Waals surface area contributed by atoms with Gasteiger partial charge in [0.1, 0.15) is 0 Å². The van der Waals surface area contributed by atoms with Crippen molar-refractivity contribution in [3.8, 4) is 34.0 Å². The van der Waals surface area contributed by atoms with E-state index < -0.39 is 0 Å². The molecule has 2 heterocycles. The highest BCUT2D eigenvalue weighted by molar-refractivity contribution is 6.08. The molecule has 0 aliphatic rings. The predicted octanol–water partition coefficient (Wildman–Crippen LogP) is 6.71. The number of rotatable bonds is 3. The highest BCUT2D eigenvalue weighted by Crippen LogP contribution is 2.32. The SMILES string of the molecule is c1ccc(-c2nnc(-c3cccc(-c4ccc5c(c4)[nH]c4ccccc45)c3)o2)cc1. The first-order chi connectivity index (χ1) is 14.8. The van der Waals surface area contributed by atoms with Crippen molar-refractivity contribution in [3.05, 3.63) is 97.1 Å². The second-order valence-electron chi connectivity index (χ2n) is 7.29. The fourth-order valence-electron chi connectivity index (χ4n) is 3.90. The molecule has 0 amide bonds. The maximum Gasteiger partial charge on any atom is 0.248 e. The molecule has 6 aromatic rings. The lowest BCUT2D eigenvalue weighted by atomic mass is 10.0. The van der Waals surface area contributed by atoms with Gasteiger partial charge in [-0.05, 0) is 47.5 Å². The second kappa shape index (κ2) is 6.71. The number of H-pyrrole nitrogens is 1. The summed E-state index contributed by atoms with van der Waals surface area (Å²) in [5.74, 6) is 1.04. The zero-order valence-electron chi connectivity index (χ0n) is 16.0. The van der Waals surface area contributed by atoms with Gasteiger partial charge in [-0.1, -0.05) is 60.7 Å². The van der Waals surface area contributed by atoms with Gasteiger partial charge < -0.3 is 9.40 Å². The monoisotopic (exact) mass is 387 g/mol. The van der Waals surface area contributed by atoms with E-state index in [9.17, 15) is 0 Å². The van der Waals surface area contributed by atoms with Crippen LogP contribution in [-0.2, 0) is 0 Å². The van der Waals surface area contributed by atoms with Gasteiger partial charge in [-0.15, -0.1) is 10.2 Å². The van der Waals surface area contributed by atoms with Crippen molar-refractivity contribution in [2.75, 3.05) is 0 Å². The van der Waals surface area contributed by atoms with E-state index in [-0.39, 0.29) is 0 Å². The lowest BCUT2D eigenvalue weighted by Crippen LogP contribution is -1.82. The third kappa shape index (κ3) is 2.78. The van der Waals surface area contributed by atoms with E-state index in [0.717, 1.165) is 33.3 Å². The average Bonchev–Trinajstić information content (AvgIpc) is 3.44. The van der Waals surface area contributed by atoms with Crippen molar-refractivity contribution >= 4 is 21.8 Å². The van der Waals surface area contributed by atoms with E-state index in [1.54, 1.807) is 0 Å². The molecule has 0 atom stereocenters. The molecular formula is C26H17N3O. The van der Waals surface area contributed by atoms with Crippen LogP contribution in [0.2, 0.25) is 0 Å². The van der Waals surface area contributed by atoms with Crippen LogP contribution in [0.4, 0.5) is 0 Å². The van der Waals surface area contributed by atoms with Crippen molar-refractivity contribution in [1.29, 1.82) is 0 Å². The summed E-state index contributed by atoms with van der Waals surface area (Å²) >= 11 is 0. The predicted molar refractivity (Wildman–Crippen MR) is 120 cm³/mol. The lowest BCUT2D eigenvalue weighted by molar-refractivity contribution is 0.584. The molecule has 4 nitrogen and oxygen atoms in total. The third-order valence-corrected chi connectivity index (χ3v) is 5.39. The van der Waals surface area contributed by atoms with E-state index in [0.29, 0.717) is 11.8 Å². The first-order valence-electron chi connectivity index (χ1n) is 9.85. The minimum atomic E-state index is 0.516. The molecule has 1 N–H and O–H groups in total. The van der Waals surface area contributed by atoms with Crippen molar-refractivity contribution in [2.45, 2.75) is 0 Å². The zero-order valence-corrected chi connectivity index (χ0v) is 16.0. The fraction of sp³-hybridized carbons (Fsp3) is 0. The van der Waals surface area contributed by atoms with Gasteiger partial charge in [0.2, 0.25) is 11.8 Å². The maximum absolute atomic E-state index is 5.93. The Hall–Kier alpha value is -4.18. The number of para-hydroxylation sites is 1. The van der Waals surface area contributed by atoms with Crippen LogP contribution in [0.5, 0.6) is 0 Å². The smallest absolute Gasteiger partial charge is 0.248 e. The van der Waals surface area contributed by atoms with Crippen molar-refractivity contribution in [1.82, 2.24) is 15.2 Å². The summed E-state index contributed by atoms with van der Waals surface area (Å²) in [6, 6.07) is 32.9. The Balaban J connectivity index is 1.40. The number of aromatic amines is 1. The summed E-state index contributed by atoms with van der Waals surface area (Å²) in [4.78, 5) is 3.52. The van der Waals surface area contributed by atoms with E-state index in [2.05, 4.69) is 69.8 Å². The van der Waals surface area contributed by atoms with Crippen LogP contribution in [-0.4, -0.2) is 15.2 Å². The van der Waals surface area contributed by atoms with Gasteiger partial charge >= 0.3 is 0 Å². The van der Waals surface area contributed by atoms with Gasteiger partial charge in [0, 0.05) is 32.9 Å². The Kier molecular flexibility index (Phi) is 3.74. The molecule has 0 spiro atoms. The maximum atomic E-state index is 5.93. The topological polar surface area (TPSA) is 54.7 Å². The van der Waals surface area contributed by atoms with Crippen molar-refractivity contribution < 1.29 is 4.42 Å². The van der Waals surface area contributed by atoms with Crippen LogP contribution < -0.4 is 0 Å². The van der Waals surface area contributed by atoms with Crippen molar-refractivity contribution in [2.24, 2.45) is 0 Å². The molecule has 0 unspecified atom stereocenters. The lowest BCUT2D eigenvalue weighted by Gasteiger charge is -2.04. The van der Waals surface area contributed by atoms with E-state index in [4.69, 9.17) is 4.42 Å². The van der Waals surface area contributed by atoms with E-state index in [1.807, 2.05) is 42.5 Å². The average molecular weight is 387 g/mol. The molecule has 6 rings (SSSR count). The van der Waals surface area contributed by atoms with Gasteiger partial charge in [0.05, 0.1) is 0 Å². The van der Waals surface area contributed by atoms with Crippen molar-refractivity contribution in [3.63, 3.8) is 0 Å². The van der Waals surface area contributed by atoms with Crippen LogP contribution in [0, 0.1) is 0 Å². The number of hydrogen-bond donors (Lipinski definition) is 1. The first-order valence-corrected chi connectivity index (χ1v) is 9.85. The summed E-state index contributed by atoms with van der Waals surface area (Å²) in [5, 5.41) is 10.9.